The molecule has 1 unspecified atom stereocenters. The number of benzene rings is 1. The number of hydrogen-bond acceptors (Lipinski definition) is 6. The van der Waals surface area contributed by atoms with Crippen LogP contribution in [0.15, 0.2) is 18.2 Å². The zero-order valence-corrected chi connectivity index (χ0v) is 19.4. The van der Waals surface area contributed by atoms with Crippen LogP contribution in [0.5, 0.6) is 6.01 Å². The smallest absolute Gasteiger partial charge is 0.318 e. The number of halogens is 1. The number of nitrogens with zero attached hydrogens (tertiary/aromatic N) is 3. The molecule has 2 fully saturated rings. The molecule has 0 amide bonds. The molecule has 2 saturated heterocycles. The highest BCUT2D eigenvalue weighted by Crippen LogP contribution is 2.50. The van der Waals surface area contributed by atoms with Crippen molar-refractivity contribution >= 4 is 17.4 Å². The summed E-state index contributed by atoms with van der Waals surface area (Å²) in [6.45, 7) is 5.68. The highest BCUT2D eigenvalue weighted by atomic mass is 35.5. The highest BCUT2D eigenvalue weighted by molar-refractivity contribution is 6.31. The molecule has 3 heterocycles. The molecule has 1 aromatic heterocycles. The average Bonchev–Trinajstić information content (AvgIpc) is 3.47. The van der Waals surface area contributed by atoms with Crippen molar-refractivity contribution in [1.82, 2.24) is 20.6 Å². The van der Waals surface area contributed by atoms with Crippen LogP contribution in [0.1, 0.15) is 48.1 Å². The summed E-state index contributed by atoms with van der Waals surface area (Å²) >= 11 is 6.56. The number of piperazine rings is 1. The molecule has 32 heavy (non-hydrogen) atoms. The first-order chi connectivity index (χ1) is 15.7. The molecule has 6 nitrogen and oxygen atoms in total. The summed E-state index contributed by atoms with van der Waals surface area (Å²) in [5, 5.41) is 7.89. The lowest BCUT2D eigenvalue weighted by atomic mass is 9.69. The van der Waals surface area contributed by atoms with E-state index in [1.807, 2.05) is 6.07 Å². The zero-order valence-electron chi connectivity index (χ0n) is 18.6. The minimum absolute atomic E-state index is 0.145. The maximum Gasteiger partial charge on any atom is 0.318 e. The summed E-state index contributed by atoms with van der Waals surface area (Å²) in [6, 6.07) is 7.39. The van der Waals surface area contributed by atoms with E-state index < -0.39 is 0 Å². The number of ether oxygens (including phenoxy) is 1. The quantitative estimate of drug-likeness (QED) is 0.742. The summed E-state index contributed by atoms with van der Waals surface area (Å²) < 4.78 is 6.18. The van der Waals surface area contributed by atoms with Crippen molar-refractivity contribution in [2.24, 2.45) is 0 Å². The van der Waals surface area contributed by atoms with Gasteiger partial charge in [-0.15, -0.1) is 0 Å². The van der Waals surface area contributed by atoms with Crippen molar-refractivity contribution in [3.63, 3.8) is 0 Å². The Bertz CT molecular complexity index is 1000. The third-order valence-electron chi connectivity index (χ3n) is 7.95. The molecule has 2 aromatic rings. The van der Waals surface area contributed by atoms with Gasteiger partial charge in [0.2, 0.25) is 0 Å². The molecule has 1 spiro atoms. The van der Waals surface area contributed by atoms with Crippen LogP contribution in [0.4, 0.5) is 5.82 Å². The maximum atomic E-state index is 6.56. The van der Waals surface area contributed by atoms with Crippen LogP contribution in [-0.2, 0) is 24.7 Å². The van der Waals surface area contributed by atoms with Gasteiger partial charge in [0.1, 0.15) is 12.4 Å². The third-order valence-corrected chi connectivity index (χ3v) is 8.30. The molecular weight excluding hydrogens is 422 g/mol. The molecule has 2 aliphatic heterocycles. The molecule has 0 radical (unpaired) electrons. The second kappa shape index (κ2) is 8.47. The van der Waals surface area contributed by atoms with E-state index in [2.05, 4.69) is 27.7 Å². The fourth-order valence-corrected chi connectivity index (χ4v) is 6.47. The summed E-state index contributed by atoms with van der Waals surface area (Å²) in [4.78, 5) is 12.4. The van der Waals surface area contributed by atoms with E-state index in [1.165, 1.54) is 28.8 Å². The van der Waals surface area contributed by atoms with E-state index in [0.717, 1.165) is 82.1 Å². The van der Waals surface area contributed by atoms with Crippen LogP contribution < -0.4 is 20.3 Å². The van der Waals surface area contributed by atoms with Gasteiger partial charge in [-0.25, -0.2) is 0 Å². The molecule has 2 N–H and O–H groups in total. The first-order valence-corrected chi connectivity index (χ1v) is 12.6. The first-order valence-electron chi connectivity index (χ1n) is 12.2. The second-order valence-corrected chi connectivity index (χ2v) is 10.2. The summed E-state index contributed by atoms with van der Waals surface area (Å²) in [6.07, 6.45) is 7.71. The molecule has 170 valence electrons. The molecule has 4 aliphatic rings. The maximum absolute atomic E-state index is 6.56. The summed E-state index contributed by atoms with van der Waals surface area (Å²) in [5.41, 5.74) is 5.45. The largest absolute Gasteiger partial charge is 0.462 e. The SMILES string of the molecule is Clc1cccc2c1CCC21CCc2c(nc(OC[C@@H]3CCCN3)nc2N2CCNCC2)C1. The molecule has 7 heteroatoms. The van der Waals surface area contributed by atoms with Gasteiger partial charge >= 0.3 is 6.01 Å². The zero-order chi connectivity index (χ0) is 21.5. The van der Waals surface area contributed by atoms with Crippen LogP contribution in [0.3, 0.4) is 0 Å². The number of fused-ring (bicyclic) bond motifs is 3. The van der Waals surface area contributed by atoms with Gasteiger partial charge < -0.3 is 20.3 Å². The molecule has 6 rings (SSSR count). The Morgan fingerprint density at radius 2 is 1.94 bits per heavy atom. The molecular formula is C25H32ClN5O. The molecule has 1 aromatic carbocycles. The van der Waals surface area contributed by atoms with Crippen molar-refractivity contribution in [3.8, 4) is 6.01 Å². The van der Waals surface area contributed by atoms with E-state index in [-0.39, 0.29) is 5.41 Å². The predicted octanol–water partition coefficient (Wildman–Crippen LogP) is 3.04. The number of aromatic nitrogens is 2. The minimum Gasteiger partial charge on any atom is -0.462 e. The van der Waals surface area contributed by atoms with E-state index in [9.17, 15) is 0 Å². The molecule has 0 saturated carbocycles. The normalized spacial score (nSPS) is 26.9. The van der Waals surface area contributed by atoms with Crippen LogP contribution in [0.2, 0.25) is 5.02 Å². The number of anilines is 1. The molecule has 2 aliphatic carbocycles. The third kappa shape index (κ3) is 3.66. The van der Waals surface area contributed by atoms with E-state index in [4.69, 9.17) is 26.3 Å². The van der Waals surface area contributed by atoms with Gasteiger partial charge in [0.15, 0.2) is 0 Å². The lowest BCUT2D eigenvalue weighted by Gasteiger charge is -2.38. The highest BCUT2D eigenvalue weighted by Gasteiger charge is 2.43. The lowest BCUT2D eigenvalue weighted by Crippen LogP contribution is -2.45. The van der Waals surface area contributed by atoms with E-state index in [0.29, 0.717) is 18.7 Å². The van der Waals surface area contributed by atoms with Gasteiger partial charge in [-0.05, 0) is 68.7 Å². The van der Waals surface area contributed by atoms with Gasteiger partial charge in [0.25, 0.3) is 0 Å². The van der Waals surface area contributed by atoms with Crippen LogP contribution >= 0.6 is 11.6 Å². The average molecular weight is 454 g/mol. The Morgan fingerprint density at radius 1 is 1.09 bits per heavy atom. The van der Waals surface area contributed by atoms with Crippen LogP contribution in [0, 0.1) is 0 Å². The van der Waals surface area contributed by atoms with Gasteiger partial charge in [-0.3, -0.25) is 0 Å². The van der Waals surface area contributed by atoms with Gasteiger partial charge in [-0.1, -0.05) is 23.7 Å². The molecule has 0 bridgehead atoms. The number of hydrogen-bond donors (Lipinski definition) is 2. The van der Waals surface area contributed by atoms with E-state index in [1.54, 1.807) is 0 Å². The van der Waals surface area contributed by atoms with Crippen molar-refractivity contribution in [3.05, 3.63) is 45.6 Å². The Hall–Kier alpha value is -1.89. The Balaban J connectivity index is 1.35. The standard InChI is InChI=1S/C25H32ClN5O/c26-21-5-1-4-20-18(21)6-8-25(20)9-7-19-22(15-25)29-24(32-16-17-3-2-10-28-17)30-23(19)31-13-11-27-12-14-31/h1,4-5,17,27-28H,2-3,6-16H2/t17-,25?/m0/s1. The summed E-state index contributed by atoms with van der Waals surface area (Å²) in [7, 11) is 0. The van der Waals surface area contributed by atoms with Gasteiger partial charge in [-0.2, -0.15) is 9.97 Å². The topological polar surface area (TPSA) is 62.3 Å². The second-order valence-electron chi connectivity index (χ2n) is 9.82. The van der Waals surface area contributed by atoms with Crippen LogP contribution in [0.25, 0.3) is 0 Å². The predicted molar refractivity (Wildman–Crippen MR) is 127 cm³/mol. The van der Waals surface area contributed by atoms with Crippen LogP contribution in [-0.4, -0.2) is 55.3 Å². The van der Waals surface area contributed by atoms with Crippen molar-refractivity contribution in [1.29, 1.82) is 0 Å². The van der Waals surface area contributed by atoms with Crippen molar-refractivity contribution < 1.29 is 4.74 Å². The molecule has 2 atom stereocenters. The minimum atomic E-state index is 0.145. The van der Waals surface area contributed by atoms with E-state index >= 15 is 0 Å². The first kappa shape index (κ1) is 20.7. The number of rotatable bonds is 4. The fraction of sp³-hybridized carbons (Fsp3) is 0.600. The lowest BCUT2D eigenvalue weighted by molar-refractivity contribution is 0.254. The van der Waals surface area contributed by atoms with Crippen molar-refractivity contribution in [2.75, 3.05) is 44.2 Å². The van der Waals surface area contributed by atoms with Gasteiger partial charge in [0.05, 0.1) is 5.69 Å². The number of nitrogens with one attached hydrogen (secondary N) is 2. The Labute approximate surface area is 195 Å². The van der Waals surface area contributed by atoms with Gasteiger partial charge in [0, 0.05) is 48.2 Å². The van der Waals surface area contributed by atoms with Crippen molar-refractivity contribution in [2.45, 2.75) is 56.4 Å². The monoisotopic (exact) mass is 453 g/mol. The Morgan fingerprint density at radius 3 is 2.75 bits per heavy atom. The Kier molecular flexibility index (Phi) is 5.48. The summed E-state index contributed by atoms with van der Waals surface area (Å²) in [5.74, 6) is 1.10. The fourth-order valence-electron chi connectivity index (χ4n) is 6.20.